The lowest BCUT2D eigenvalue weighted by atomic mass is 10.0. The third kappa shape index (κ3) is 3.71. The molecule has 1 aliphatic rings. The maximum Gasteiger partial charge on any atom is 0.322 e. The number of halogens is 2. The molecule has 9 heteroatoms. The van der Waals surface area contributed by atoms with Crippen molar-refractivity contribution >= 4 is 11.7 Å². The molecule has 7 nitrogen and oxygen atoms in total. The number of fused-ring (bicyclic) bond motifs is 1. The Morgan fingerprint density at radius 1 is 1.33 bits per heavy atom. The number of carbonyl (C=O) groups excluding carboxylic acids is 1. The second kappa shape index (κ2) is 8.11. The molecule has 156 valence electrons. The van der Waals surface area contributed by atoms with Gasteiger partial charge >= 0.3 is 6.03 Å². The average molecular weight is 414 g/mol. The standard InChI is InChI=1S/C21H20F2N4O3/c1-30-16-5-13(4-15(22)7-16)19(11-28)26-21(29)27-3-2-12-6-17(14-9-24-25-10-14)18(23)8-20(12)27/h4-10,19,28H,2-3,11H2,1H3,(H,24,25)(H,26,29). The van der Waals surface area contributed by atoms with Gasteiger partial charge in [-0.2, -0.15) is 5.10 Å². The molecule has 1 atom stereocenters. The smallest absolute Gasteiger partial charge is 0.322 e. The van der Waals surface area contributed by atoms with Gasteiger partial charge in [0.05, 0.1) is 31.6 Å². The van der Waals surface area contributed by atoms with Crippen molar-refractivity contribution in [2.24, 2.45) is 0 Å². The lowest BCUT2D eigenvalue weighted by Gasteiger charge is -2.23. The van der Waals surface area contributed by atoms with E-state index in [1.807, 2.05) is 0 Å². The number of aliphatic hydroxyl groups is 1. The van der Waals surface area contributed by atoms with Crippen LogP contribution in [0, 0.1) is 11.6 Å². The SMILES string of the molecule is COc1cc(F)cc(C(CO)NC(=O)N2CCc3cc(-c4cn[nH]c4)c(F)cc32)c1. The summed E-state index contributed by atoms with van der Waals surface area (Å²) >= 11 is 0. The largest absolute Gasteiger partial charge is 0.497 e. The number of methoxy groups -OCH3 is 1. The van der Waals surface area contributed by atoms with E-state index >= 15 is 0 Å². The summed E-state index contributed by atoms with van der Waals surface area (Å²) in [6.45, 7) is -0.0765. The minimum Gasteiger partial charge on any atom is -0.497 e. The van der Waals surface area contributed by atoms with Crippen molar-refractivity contribution < 1.29 is 23.4 Å². The van der Waals surface area contributed by atoms with Crippen LogP contribution in [-0.4, -0.2) is 41.6 Å². The first-order valence-corrected chi connectivity index (χ1v) is 9.35. The zero-order valence-corrected chi connectivity index (χ0v) is 16.2. The van der Waals surface area contributed by atoms with Crippen LogP contribution in [0.15, 0.2) is 42.7 Å². The van der Waals surface area contributed by atoms with Crippen molar-refractivity contribution in [2.75, 3.05) is 25.2 Å². The second-order valence-corrected chi connectivity index (χ2v) is 6.96. The third-order valence-electron chi connectivity index (χ3n) is 5.13. The molecule has 0 radical (unpaired) electrons. The van der Waals surface area contributed by atoms with Gasteiger partial charge in [0.25, 0.3) is 0 Å². The number of hydrogen-bond acceptors (Lipinski definition) is 4. The number of amides is 2. The molecular weight excluding hydrogens is 394 g/mol. The number of anilines is 1. The molecule has 0 spiro atoms. The van der Waals surface area contributed by atoms with E-state index in [9.17, 15) is 18.7 Å². The summed E-state index contributed by atoms with van der Waals surface area (Å²) in [6.07, 6.45) is 3.69. The molecule has 0 saturated carbocycles. The number of rotatable bonds is 5. The number of nitrogens with one attached hydrogen (secondary N) is 2. The highest BCUT2D eigenvalue weighted by atomic mass is 19.1. The van der Waals surface area contributed by atoms with E-state index in [0.717, 1.165) is 5.56 Å². The monoisotopic (exact) mass is 414 g/mol. The zero-order chi connectivity index (χ0) is 21.3. The molecule has 0 saturated heterocycles. The minimum atomic E-state index is -0.846. The topological polar surface area (TPSA) is 90.5 Å². The van der Waals surface area contributed by atoms with E-state index in [4.69, 9.17) is 4.74 Å². The fourth-order valence-electron chi connectivity index (χ4n) is 3.61. The first-order valence-electron chi connectivity index (χ1n) is 9.35. The predicted molar refractivity (Wildman–Crippen MR) is 106 cm³/mol. The van der Waals surface area contributed by atoms with Crippen LogP contribution < -0.4 is 15.0 Å². The highest BCUT2D eigenvalue weighted by Crippen LogP contribution is 2.34. The van der Waals surface area contributed by atoms with Crippen LogP contribution in [0.2, 0.25) is 0 Å². The fraction of sp³-hybridized carbons (Fsp3) is 0.238. The highest BCUT2D eigenvalue weighted by Gasteiger charge is 2.28. The van der Waals surface area contributed by atoms with Crippen molar-refractivity contribution in [3.63, 3.8) is 0 Å². The molecule has 1 unspecified atom stereocenters. The first kappa shape index (κ1) is 19.8. The zero-order valence-electron chi connectivity index (χ0n) is 16.2. The molecule has 0 fully saturated rings. The van der Waals surface area contributed by atoms with Gasteiger partial charge in [0.2, 0.25) is 0 Å². The molecule has 3 aromatic rings. The number of aliphatic hydroxyl groups excluding tert-OH is 1. The Bertz CT molecular complexity index is 1070. The normalized spacial score (nSPS) is 13.8. The summed E-state index contributed by atoms with van der Waals surface area (Å²) in [6, 6.07) is 5.65. The summed E-state index contributed by atoms with van der Waals surface area (Å²) in [5.74, 6) is -0.737. The van der Waals surface area contributed by atoms with E-state index in [1.165, 1.54) is 36.4 Å². The molecule has 0 bridgehead atoms. The Morgan fingerprint density at radius 2 is 2.17 bits per heavy atom. The maximum atomic E-state index is 14.7. The number of ether oxygens (including phenoxy) is 1. The van der Waals surface area contributed by atoms with Crippen molar-refractivity contribution in [1.29, 1.82) is 0 Å². The van der Waals surface area contributed by atoms with E-state index in [0.29, 0.717) is 35.3 Å². The van der Waals surface area contributed by atoms with Crippen LogP contribution in [0.25, 0.3) is 11.1 Å². The fourth-order valence-corrected chi connectivity index (χ4v) is 3.61. The average Bonchev–Trinajstić information content (AvgIpc) is 3.40. The number of aromatic amines is 1. The molecule has 2 heterocycles. The summed E-state index contributed by atoms with van der Waals surface area (Å²) in [5.41, 5.74) is 2.69. The van der Waals surface area contributed by atoms with Gasteiger partial charge in [-0.1, -0.05) is 0 Å². The number of hydrogen-bond donors (Lipinski definition) is 3. The van der Waals surface area contributed by atoms with Crippen LogP contribution in [0.3, 0.4) is 0 Å². The van der Waals surface area contributed by atoms with Crippen molar-refractivity contribution in [3.05, 3.63) is 65.5 Å². The number of benzene rings is 2. The minimum absolute atomic E-state index is 0.276. The lowest BCUT2D eigenvalue weighted by molar-refractivity contribution is 0.221. The molecule has 4 rings (SSSR count). The van der Waals surface area contributed by atoms with Crippen LogP contribution in [-0.2, 0) is 6.42 Å². The number of carbonyl (C=O) groups is 1. The van der Waals surface area contributed by atoms with Gasteiger partial charge in [-0.15, -0.1) is 0 Å². The van der Waals surface area contributed by atoms with Gasteiger partial charge in [0, 0.05) is 29.9 Å². The number of nitrogens with zero attached hydrogens (tertiary/aromatic N) is 2. The highest BCUT2D eigenvalue weighted by molar-refractivity contribution is 5.95. The number of H-pyrrole nitrogens is 1. The Kier molecular flexibility index (Phi) is 5.37. The first-order chi connectivity index (χ1) is 14.5. The number of urea groups is 1. The Labute approximate surface area is 171 Å². The quantitative estimate of drug-likeness (QED) is 0.598. The Hall–Kier alpha value is -3.46. The van der Waals surface area contributed by atoms with Crippen molar-refractivity contribution in [1.82, 2.24) is 15.5 Å². The van der Waals surface area contributed by atoms with Crippen LogP contribution >= 0.6 is 0 Å². The van der Waals surface area contributed by atoms with E-state index < -0.39 is 30.3 Å². The molecule has 0 aliphatic carbocycles. The molecule has 1 aliphatic heterocycles. The predicted octanol–water partition coefficient (Wildman–Crippen LogP) is 3.17. The van der Waals surface area contributed by atoms with Gasteiger partial charge in [0.15, 0.2) is 0 Å². The van der Waals surface area contributed by atoms with E-state index in [2.05, 4.69) is 15.5 Å². The van der Waals surface area contributed by atoms with Gasteiger partial charge in [-0.3, -0.25) is 10.00 Å². The Morgan fingerprint density at radius 3 is 2.87 bits per heavy atom. The van der Waals surface area contributed by atoms with Crippen LogP contribution in [0.5, 0.6) is 5.75 Å². The summed E-state index contributed by atoms with van der Waals surface area (Å²) in [5, 5.41) is 18.9. The Balaban J connectivity index is 1.57. The van der Waals surface area contributed by atoms with E-state index in [-0.39, 0.29) is 5.75 Å². The molecule has 2 aromatic carbocycles. The second-order valence-electron chi connectivity index (χ2n) is 6.96. The van der Waals surface area contributed by atoms with Crippen molar-refractivity contribution in [3.8, 4) is 16.9 Å². The van der Waals surface area contributed by atoms with Crippen molar-refractivity contribution in [2.45, 2.75) is 12.5 Å². The van der Waals surface area contributed by atoms with Gasteiger partial charge in [-0.05, 0) is 41.8 Å². The lowest BCUT2D eigenvalue weighted by Crippen LogP contribution is -2.42. The summed E-state index contributed by atoms with van der Waals surface area (Å²) < 4.78 is 33.5. The molecule has 3 N–H and O–H groups in total. The third-order valence-corrected chi connectivity index (χ3v) is 5.13. The van der Waals surface area contributed by atoms with Gasteiger partial charge in [0.1, 0.15) is 17.4 Å². The molecular formula is C21H20F2N4O3. The molecule has 30 heavy (non-hydrogen) atoms. The summed E-state index contributed by atoms with van der Waals surface area (Å²) in [4.78, 5) is 14.3. The van der Waals surface area contributed by atoms with Crippen LogP contribution in [0.1, 0.15) is 17.2 Å². The molecule has 1 aromatic heterocycles. The van der Waals surface area contributed by atoms with Crippen LogP contribution in [0.4, 0.5) is 19.3 Å². The number of aromatic nitrogens is 2. The maximum absolute atomic E-state index is 14.7. The molecule has 2 amide bonds. The summed E-state index contributed by atoms with van der Waals surface area (Å²) in [7, 11) is 1.40. The van der Waals surface area contributed by atoms with Gasteiger partial charge < -0.3 is 15.2 Å². The van der Waals surface area contributed by atoms with E-state index in [1.54, 1.807) is 18.3 Å². The van der Waals surface area contributed by atoms with Gasteiger partial charge in [-0.25, -0.2) is 13.6 Å².